The minimum Gasteiger partial charge on any atom is -0.481 e. The van der Waals surface area contributed by atoms with Crippen LogP contribution in [0.15, 0.2) is 42.5 Å². The fourth-order valence-corrected chi connectivity index (χ4v) is 3.68. The number of fused-ring (bicyclic) bond motifs is 1. The highest BCUT2D eigenvalue weighted by atomic mass is 19.1. The van der Waals surface area contributed by atoms with Crippen molar-refractivity contribution in [2.24, 2.45) is 5.92 Å². The number of rotatable bonds is 3. The minimum atomic E-state index is -0.991. The lowest BCUT2D eigenvalue weighted by atomic mass is 10.0. The summed E-state index contributed by atoms with van der Waals surface area (Å²) in [5, 5.41) is 9.38. The molecule has 4 rings (SSSR count). The first-order chi connectivity index (χ1) is 12.0. The van der Waals surface area contributed by atoms with Crippen LogP contribution in [-0.2, 0) is 9.59 Å². The number of carbonyl (C=O) groups excluding carboxylic acids is 1. The molecule has 0 aromatic heterocycles. The van der Waals surface area contributed by atoms with Gasteiger partial charge in [-0.15, -0.1) is 0 Å². The Morgan fingerprint density at radius 2 is 1.72 bits per heavy atom. The highest BCUT2D eigenvalue weighted by Crippen LogP contribution is 2.51. The zero-order chi connectivity index (χ0) is 17.7. The average Bonchev–Trinajstić information content (AvgIpc) is 3.26. The molecule has 1 aliphatic heterocycles. The molecule has 6 heteroatoms. The van der Waals surface area contributed by atoms with Crippen LogP contribution in [0, 0.1) is 17.6 Å². The molecule has 1 heterocycles. The van der Waals surface area contributed by atoms with E-state index in [1.165, 1.54) is 23.1 Å². The van der Waals surface area contributed by atoms with Crippen molar-refractivity contribution in [1.29, 1.82) is 0 Å². The van der Waals surface area contributed by atoms with Crippen molar-refractivity contribution in [3.05, 3.63) is 65.2 Å². The van der Waals surface area contributed by atoms with Crippen LogP contribution in [0.5, 0.6) is 0 Å². The van der Waals surface area contributed by atoms with Crippen molar-refractivity contribution in [2.45, 2.75) is 18.3 Å². The van der Waals surface area contributed by atoms with Gasteiger partial charge in [0.1, 0.15) is 17.6 Å². The van der Waals surface area contributed by atoms with E-state index in [1.807, 2.05) is 0 Å². The van der Waals surface area contributed by atoms with E-state index in [0.717, 1.165) is 0 Å². The molecule has 1 N–H and O–H groups in total. The summed E-state index contributed by atoms with van der Waals surface area (Å²) in [4.78, 5) is 25.7. The van der Waals surface area contributed by atoms with Crippen LogP contribution in [-0.4, -0.2) is 23.5 Å². The quantitative estimate of drug-likeness (QED) is 0.930. The Labute approximate surface area is 142 Å². The largest absolute Gasteiger partial charge is 0.481 e. The van der Waals surface area contributed by atoms with E-state index in [4.69, 9.17) is 0 Å². The summed E-state index contributed by atoms with van der Waals surface area (Å²) in [6, 6.07) is 10.5. The molecule has 0 radical (unpaired) electrons. The van der Waals surface area contributed by atoms with Gasteiger partial charge in [0.15, 0.2) is 0 Å². The second kappa shape index (κ2) is 5.65. The second-order valence-corrected chi connectivity index (χ2v) is 6.48. The molecule has 1 saturated carbocycles. The van der Waals surface area contributed by atoms with Crippen molar-refractivity contribution in [3.63, 3.8) is 0 Å². The molecule has 2 aromatic rings. The minimum absolute atomic E-state index is 0.0521. The summed E-state index contributed by atoms with van der Waals surface area (Å²) in [6.45, 7) is 0.0521. The van der Waals surface area contributed by atoms with Crippen LogP contribution in [0.25, 0.3) is 0 Å². The van der Waals surface area contributed by atoms with Gasteiger partial charge in [0.05, 0.1) is 0 Å². The second-order valence-electron chi connectivity index (χ2n) is 6.48. The molecule has 1 aliphatic carbocycles. The molecule has 2 aromatic carbocycles. The summed E-state index contributed by atoms with van der Waals surface area (Å²) in [5.41, 5.74) is 1.11. The fourth-order valence-electron chi connectivity index (χ4n) is 3.68. The number of amides is 1. The van der Waals surface area contributed by atoms with E-state index in [1.54, 1.807) is 24.3 Å². The Morgan fingerprint density at radius 3 is 2.40 bits per heavy atom. The maximum absolute atomic E-state index is 13.9. The number of halogens is 2. The molecule has 1 fully saturated rings. The van der Waals surface area contributed by atoms with Gasteiger partial charge >= 0.3 is 5.97 Å². The van der Waals surface area contributed by atoms with E-state index in [9.17, 15) is 23.5 Å². The predicted molar refractivity (Wildman–Crippen MR) is 86.4 cm³/mol. The molecule has 128 valence electrons. The van der Waals surface area contributed by atoms with Gasteiger partial charge in [-0.25, -0.2) is 8.78 Å². The van der Waals surface area contributed by atoms with Crippen molar-refractivity contribution in [1.82, 2.24) is 0 Å². The molecular weight excluding hydrogens is 328 g/mol. The van der Waals surface area contributed by atoms with Crippen LogP contribution in [0.3, 0.4) is 0 Å². The smallest absolute Gasteiger partial charge is 0.312 e. The number of hydrogen-bond acceptors (Lipinski definition) is 2. The molecule has 4 nitrogen and oxygen atoms in total. The first-order valence-corrected chi connectivity index (χ1v) is 8.06. The zero-order valence-corrected chi connectivity index (χ0v) is 13.2. The number of carboxylic acids is 1. The standard InChI is InChI=1S/C19H15F2NO3/c20-14-5-3-6-15(21)17(14)11-8-12(11)18(23)22-9-13(19(24)25)10-4-1-2-7-16(10)22/h1-7,11-13H,8-9H2,(H,24,25). The number of anilines is 1. The van der Waals surface area contributed by atoms with Gasteiger partial charge in [-0.3, -0.25) is 9.59 Å². The number of benzene rings is 2. The summed E-state index contributed by atoms with van der Waals surface area (Å²) in [7, 11) is 0. The number of aliphatic carboxylic acids is 1. The van der Waals surface area contributed by atoms with Gasteiger partial charge < -0.3 is 10.0 Å². The lowest BCUT2D eigenvalue weighted by molar-refractivity contribution is -0.138. The average molecular weight is 343 g/mol. The van der Waals surface area contributed by atoms with Gasteiger partial charge in [-0.05, 0) is 30.2 Å². The Hall–Kier alpha value is -2.76. The normalized spacial score (nSPS) is 24.1. The van der Waals surface area contributed by atoms with Gasteiger partial charge in [-0.1, -0.05) is 24.3 Å². The lowest BCUT2D eigenvalue weighted by Gasteiger charge is -2.17. The van der Waals surface area contributed by atoms with Crippen molar-refractivity contribution >= 4 is 17.6 Å². The number of hydrogen-bond donors (Lipinski definition) is 1. The third kappa shape index (κ3) is 2.49. The SMILES string of the molecule is O=C(O)C1CN(C(=O)C2CC2c2c(F)cccc2F)c2ccccc21. The van der Waals surface area contributed by atoms with Gasteiger partial charge in [-0.2, -0.15) is 0 Å². The summed E-state index contributed by atoms with van der Waals surface area (Å²) >= 11 is 0. The lowest BCUT2D eigenvalue weighted by Crippen LogP contribution is -2.32. The van der Waals surface area contributed by atoms with Crippen LogP contribution >= 0.6 is 0 Å². The van der Waals surface area contributed by atoms with Crippen LogP contribution in [0.4, 0.5) is 14.5 Å². The van der Waals surface area contributed by atoms with Crippen molar-refractivity contribution in [3.8, 4) is 0 Å². The molecule has 3 unspecified atom stereocenters. The molecule has 2 aliphatic rings. The summed E-state index contributed by atoms with van der Waals surface area (Å²) < 4.78 is 27.8. The van der Waals surface area contributed by atoms with Gasteiger partial charge in [0, 0.05) is 29.6 Å². The van der Waals surface area contributed by atoms with Crippen LogP contribution in [0.2, 0.25) is 0 Å². The predicted octanol–water partition coefficient (Wildman–Crippen LogP) is 3.28. The molecule has 25 heavy (non-hydrogen) atoms. The fraction of sp³-hybridized carbons (Fsp3) is 0.263. The van der Waals surface area contributed by atoms with E-state index in [-0.39, 0.29) is 18.0 Å². The molecule has 0 bridgehead atoms. The maximum Gasteiger partial charge on any atom is 0.312 e. The van der Waals surface area contributed by atoms with Gasteiger partial charge in [0.25, 0.3) is 0 Å². The van der Waals surface area contributed by atoms with E-state index in [2.05, 4.69) is 0 Å². The number of carboxylic acid groups (broad SMARTS) is 1. The van der Waals surface area contributed by atoms with Crippen molar-refractivity contribution < 1.29 is 23.5 Å². The van der Waals surface area contributed by atoms with Crippen molar-refractivity contribution in [2.75, 3.05) is 11.4 Å². The molecule has 0 saturated heterocycles. The first kappa shape index (κ1) is 15.7. The van der Waals surface area contributed by atoms with E-state index >= 15 is 0 Å². The van der Waals surface area contributed by atoms with E-state index < -0.39 is 35.4 Å². The maximum atomic E-state index is 13.9. The monoisotopic (exact) mass is 343 g/mol. The Bertz CT molecular complexity index is 862. The zero-order valence-electron chi connectivity index (χ0n) is 13.2. The van der Waals surface area contributed by atoms with E-state index in [0.29, 0.717) is 17.7 Å². The van der Waals surface area contributed by atoms with Gasteiger partial charge in [0.2, 0.25) is 5.91 Å². The van der Waals surface area contributed by atoms with Crippen LogP contribution < -0.4 is 4.90 Å². The number of para-hydroxylation sites is 1. The summed E-state index contributed by atoms with van der Waals surface area (Å²) in [6.07, 6.45) is 0.368. The molecule has 0 spiro atoms. The molecule has 1 amide bonds. The number of nitrogens with zero attached hydrogens (tertiary/aromatic N) is 1. The number of carbonyl (C=O) groups is 2. The molecule has 3 atom stereocenters. The first-order valence-electron chi connectivity index (χ1n) is 8.06. The summed E-state index contributed by atoms with van der Waals surface area (Å²) in [5.74, 6) is -4.35. The topological polar surface area (TPSA) is 57.6 Å². The Morgan fingerprint density at radius 1 is 1.04 bits per heavy atom. The highest BCUT2D eigenvalue weighted by molar-refractivity contribution is 6.01. The molecular formula is C19H15F2NO3. The van der Waals surface area contributed by atoms with Crippen LogP contribution in [0.1, 0.15) is 29.4 Å². The third-order valence-electron chi connectivity index (χ3n) is 5.01. The third-order valence-corrected chi connectivity index (χ3v) is 5.01. The Kier molecular flexibility index (Phi) is 3.56. The Balaban J connectivity index is 1.60. The highest BCUT2D eigenvalue weighted by Gasteiger charge is 2.50.